The van der Waals surface area contributed by atoms with Crippen molar-refractivity contribution in [1.82, 2.24) is 0 Å². The van der Waals surface area contributed by atoms with Crippen molar-refractivity contribution in [1.29, 1.82) is 0 Å². The fourth-order valence-corrected chi connectivity index (χ4v) is 1.83. The average Bonchev–Trinajstić information content (AvgIpc) is 1.98. The normalized spacial score (nSPS) is 11.3. The van der Waals surface area contributed by atoms with Crippen molar-refractivity contribution in [2.45, 2.75) is 32.5 Å². The molecule has 0 rings (SSSR count). The first-order chi connectivity index (χ1) is 5.48. The third-order valence-corrected chi connectivity index (χ3v) is 3.41. The van der Waals surface area contributed by atoms with Crippen molar-refractivity contribution in [3.8, 4) is 0 Å². The Bertz CT molecular complexity index is 150. The smallest absolute Gasteiger partial charge is 0.302 e. The van der Waals surface area contributed by atoms with Crippen LogP contribution in [0.3, 0.4) is 0 Å². The van der Waals surface area contributed by atoms with E-state index >= 15 is 0 Å². The largest absolute Gasteiger partial charge is 0.466 e. The van der Waals surface area contributed by atoms with Gasteiger partial charge in [-0.25, -0.2) is 4.63 Å². The molecule has 0 radical (unpaired) electrons. The Balaban J connectivity index is 3.37. The zero-order valence-electron chi connectivity index (χ0n) is 7.72. The molecule has 0 N–H and O–H groups in total. The first-order valence-corrected chi connectivity index (χ1v) is 7.02. The Kier molecular flexibility index (Phi) is 5.08. The number of ether oxygens (including phenoxy) is 1. The van der Waals surface area contributed by atoms with Gasteiger partial charge in [0.2, 0.25) is 8.32 Å². The van der Waals surface area contributed by atoms with Gasteiger partial charge in [-0.2, -0.15) is 0 Å². The number of carbonyl (C=O) groups excluding carboxylic acids is 1. The summed E-state index contributed by atoms with van der Waals surface area (Å²) in [6.45, 7) is 5.27. The summed E-state index contributed by atoms with van der Waals surface area (Å²) in [4.78, 5) is 10.3. The molecule has 0 saturated heterocycles. The molecule has 0 amide bonds. The molecule has 0 spiro atoms. The van der Waals surface area contributed by atoms with Crippen LogP contribution in [0.5, 0.6) is 0 Å². The number of rotatable bonds is 5. The Morgan fingerprint density at radius 3 is 2.50 bits per heavy atom. The maximum absolute atomic E-state index is 11.8. The molecule has 0 aliphatic carbocycles. The molecule has 72 valence electrons. The summed E-state index contributed by atoms with van der Waals surface area (Å²) in [5.74, 6) is -0.296. The van der Waals surface area contributed by atoms with Crippen molar-refractivity contribution in [2.75, 3.05) is 6.61 Å². The molecule has 0 bridgehead atoms. The van der Waals surface area contributed by atoms with Crippen molar-refractivity contribution >= 4 is 14.3 Å². The lowest BCUT2D eigenvalue weighted by molar-refractivity contribution is -0.140. The lowest BCUT2D eigenvalue weighted by Crippen LogP contribution is -2.26. The van der Waals surface area contributed by atoms with Crippen LogP contribution in [0.2, 0.25) is 19.1 Å². The Morgan fingerprint density at radius 2 is 2.08 bits per heavy atom. The van der Waals surface area contributed by atoms with Crippen LogP contribution in [0.1, 0.15) is 13.3 Å². The van der Waals surface area contributed by atoms with Gasteiger partial charge in [-0.1, -0.05) is 4.53 Å². The highest BCUT2D eigenvalue weighted by Gasteiger charge is 2.23. The molecule has 5 heteroatoms. The molecule has 0 heterocycles. The number of hydrogen-bond acceptors (Lipinski definition) is 3. The lowest BCUT2D eigenvalue weighted by atomic mass is 10.5. The van der Waals surface area contributed by atoms with Gasteiger partial charge in [-0.15, -0.1) is 0 Å². The Labute approximate surface area is 72.9 Å². The zero-order valence-corrected chi connectivity index (χ0v) is 8.72. The maximum Gasteiger partial charge on any atom is 0.302 e. The minimum atomic E-state index is -2.11. The van der Waals surface area contributed by atoms with E-state index in [0.717, 1.165) is 0 Å². The fourth-order valence-electron chi connectivity index (χ4n) is 0.752. The molecule has 0 aliphatic rings. The minimum Gasteiger partial charge on any atom is -0.466 e. The average molecular weight is 194 g/mol. The van der Waals surface area contributed by atoms with Crippen molar-refractivity contribution in [3.05, 3.63) is 0 Å². The zero-order chi connectivity index (χ0) is 9.61. The van der Waals surface area contributed by atoms with Crippen LogP contribution in [0.4, 0.5) is 4.53 Å². The van der Waals surface area contributed by atoms with Gasteiger partial charge in [-0.3, -0.25) is 4.79 Å². The predicted octanol–water partition coefficient (Wildman–Crippen LogP) is 2.05. The van der Waals surface area contributed by atoms with E-state index in [4.69, 9.17) is 0 Å². The third-order valence-electron chi connectivity index (χ3n) is 1.44. The van der Waals surface area contributed by atoms with E-state index in [2.05, 4.69) is 9.37 Å². The van der Waals surface area contributed by atoms with Crippen LogP contribution in [0.25, 0.3) is 0 Å². The monoisotopic (exact) mass is 194 g/mol. The molecule has 0 saturated carbocycles. The number of carbonyl (C=O) groups is 1. The number of halogens is 1. The molecule has 0 fully saturated rings. The second-order valence-electron chi connectivity index (χ2n) is 3.28. The molecule has 12 heavy (non-hydrogen) atoms. The van der Waals surface area contributed by atoms with E-state index < -0.39 is 8.32 Å². The Hall–Kier alpha value is -0.423. The van der Waals surface area contributed by atoms with E-state index in [-0.39, 0.29) is 5.97 Å². The van der Waals surface area contributed by atoms with E-state index in [0.29, 0.717) is 19.1 Å². The van der Waals surface area contributed by atoms with Crippen LogP contribution in [-0.4, -0.2) is 20.9 Å². The molecule has 0 unspecified atom stereocenters. The van der Waals surface area contributed by atoms with Gasteiger partial charge in [0.25, 0.3) is 0 Å². The van der Waals surface area contributed by atoms with Gasteiger partial charge in [-0.05, 0) is 25.6 Å². The van der Waals surface area contributed by atoms with Crippen molar-refractivity contribution in [3.63, 3.8) is 0 Å². The lowest BCUT2D eigenvalue weighted by Gasteiger charge is -2.14. The molecular weight excluding hydrogens is 179 g/mol. The summed E-state index contributed by atoms with van der Waals surface area (Å²) in [5, 5.41) is 0. The maximum atomic E-state index is 11.8. The van der Waals surface area contributed by atoms with Gasteiger partial charge in [0, 0.05) is 6.92 Å². The molecular formula is C7H15FO3Si. The summed E-state index contributed by atoms with van der Waals surface area (Å²) in [6, 6.07) is 0.663. The van der Waals surface area contributed by atoms with Gasteiger partial charge in [0.1, 0.15) is 0 Å². The standard InChI is InChI=1S/C7H15FO3Si/c1-7(9)10-5-4-6-12(2,3)11-8/h4-6H2,1-3H3. The summed E-state index contributed by atoms with van der Waals surface area (Å²) in [5.41, 5.74) is 0. The van der Waals surface area contributed by atoms with Crippen LogP contribution in [-0.2, 0) is 14.2 Å². The van der Waals surface area contributed by atoms with Crippen LogP contribution in [0.15, 0.2) is 0 Å². The molecule has 0 aliphatic heterocycles. The highest BCUT2D eigenvalue weighted by atomic mass is 28.4. The van der Waals surface area contributed by atoms with Crippen LogP contribution >= 0.6 is 0 Å². The predicted molar refractivity (Wildman–Crippen MR) is 45.7 cm³/mol. The van der Waals surface area contributed by atoms with Crippen LogP contribution in [0, 0.1) is 0 Å². The fraction of sp³-hybridized carbons (Fsp3) is 0.857. The number of esters is 1. The van der Waals surface area contributed by atoms with Gasteiger partial charge in [0.15, 0.2) is 0 Å². The highest BCUT2D eigenvalue weighted by molar-refractivity contribution is 6.70. The van der Waals surface area contributed by atoms with E-state index in [1.807, 2.05) is 0 Å². The minimum absolute atomic E-state index is 0.296. The quantitative estimate of drug-likeness (QED) is 0.382. The van der Waals surface area contributed by atoms with Crippen molar-refractivity contribution in [2.24, 2.45) is 0 Å². The second-order valence-corrected chi connectivity index (χ2v) is 7.45. The molecule has 0 aromatic heterocycles. The number of hydrogen-bond donors (Lipinski definition) is 0. The van der Waals surface area contributed by atoms with Gasteiger partial charge < -0.3 is 4.74 Å². The first-order valence-electron chi connectivity index (χ1n) is 3.91. The van der Waals surface area contributed by atoms with Crippen molar-refractivity contribution < 1.29 is 18.7 Å². The summed E-state index contributed by atoms with van der Waals surface area (Å²) < 4.78 is 20.3. The first kappa shape index (κ1) is 11.6. The summed E-state index contributed by atoms with van der Waals surface area (Å²) in [7, 11) is -2.11. The SMILES string of the molecule is CC(=O)OCCC[Si](C)(C)OF. The van der Waals surface area contributed by atoms with E-state index in [1.54, 1.807) is 13.1 Å². The molecule has 0 aromatic rings. The van der Waals surface area contributed by atoms with Crippen LogP contribution < -0.4 is 0 Å². The summed E-state index contributed by atoms with van der Waals surface area (Å²) in [6.07, 6.45) is 0.669. The summed E-state index contributed by atoms with van der Waals surface area (Å²) >= 11 is 0. The van der Waals surface area contributed by atoms with Gasteiger partial charge >= 0.3 is 5.97 Å². The molecule has 3 nitrogen and oxygen atoms in total. The Morgan fingerprint density at radius 1 is 1.50 bits per heavy atom. The van der Waals surface area contributed by atoms with E-state index in [9.17, 15) is 9.32 Å². The topological polar surface area (TPSA) is 35.5 Å². The molecule has 0 aromatic carbocycles. The van der Waals surface area contributed by atoms with Gasteiger partial charge in [0.05, 0.1) is 6.61 Å². The second kappa shape index (κ2) is 5.26. The molecule has 0 atom stereocenters. The highest BCUT2D eigenvalue weighted by Crippen LogP contribution is 2.13. The van der Waals surface area contributed by atoms with E-state index in [1.165, 1.54) is 6.92 Å². The third kappa shape index (κ3) is 6.30.